The van der Waals surface area contributed by atoms with E-state index in [4.69, 9.17) is 33.3 Å². The number of ether oxygens (including phenoxy) is 6. The lowest BCUT2D eigenvalue weighted by Gasteiger charge is -2.50. The molecule has 5 aliphatic rings. The van der Waals surface area contributed by atoms with Gasteiger partial charge in [0.25, 0.3) is 0 Å². The summed E-state index contributed by atoms with van der Waals surface area (Å²) in [7, 11) is 1.52. The first-order valence-electron chi connectivity index (χ1n) is 25.0. The molecule has 74 heavy (non-hydrogen) atoms. The molecule has 0 aromatic heterocycles. The Hall–Kier alpha value is -6.76. The highest BCUT2D eigenvalue weighted by atomic mass is 16.8. The van der Waals surface area contributed by atoms with E-state index in [9.17, 15) is 29.1 Å². The number of benzene rings is 4. The first kappa shape index (κ1) is 52.1. The molecule has 2 bridgehead atoms. The van der Waals surface area contributed by atoms with Crippen LogP contribution in [-0.4, -0.2) is 125 Å². The van der Waals surface area contributed by atoms with E-state index >= 15 is 4.79 Å². The topological polar surface area (TPSA) is 206 Å². The van der Waals surface area contributed by atoms with Gasteiger partial charge in [-0.2, -0.15) is 5.06 Å². The van der Waals surface area contributed by atoms with Crippen molar-refractivity contribution in [2.45, 2.75) is 127 Å². The van der Waals surface area contributed by atoms with Crippen LogP contribution in [0.2, 0.25) is 0 Å². The second kappa shape index (κ2) is 20.9. The lowest BCUT2D eigenvalue weighted by Crippen LogP contribution is -2.70. The van der Waals surface area contributed by atoms with Gasteiger partial charge in [-0.3, -0.25) is 24.0 Å². The van der Waals surface area contributed by atoms with Gasteiger partial charge < -0.3 is 43.7 Å². The van der Waals surface area contributed by atoms with Gasteiger partial charge in [-0.25, -0.2) is 9.59 Å². The molecule has 9 unspecified atom stereocenters. The van der Waals surface area contributed by atoms with Crippen molar-refractivity contribution in [3.05, 3.63) is 149 Å². The maximum Gasteiger partial charge on any atom is 0.348 e. The summed E-state index contributed by atoms with van der Waals surface area (Å²) >= 11 is 0. The zero-order chi connectivity index (χ0) is 52.6. The van der Waals surface area contributed by atoms with Gasteiger partial charge in [0.1, 0.15) is 48.1 Å². The quantitative estimate of drug-likeness (QED) is 0.0778. The van der Waals surface area contributed by atoms with Crippen LogP contribution in [0.15, 0.2) is 121 Å². The fraction of sp³-hybridized carbons (Fsp3) is 0.439. The molecule has 17 nitrogen and oxygen atoms in total. The first-order chi connectivity index (χ1) is 35.3. The van der Waals surface area contributed by atoms with Gasteiger partial charge in [-0.05, 0) is 50.0 Å². The van der Waals surface area contributed by atoms with Crippen molar-refractivity contribution in [3.63, 3.8) is 0 Å². The highest BCUT2D eigenvalue weighted by Gasteiger charge is 2.77. The molecule has 9 rings (SSSR count). The fourth-order valence-electron chi connectivity index (χ4n) is 10.7. The SMILES string of the molecule is CN(C(=O)C12CC3OC(=O)C1N(Cc1ccc(C=CC(=O)OC4C(=O)OCC4(C)C)cc1)OC2C1OC(c2ccccc2)(c2ccccc2)OC31)C(Cc1ccccc1)C(=O)NC(CO)CCC(=O)OC(C)(C)C. The minimum Gasteiger partial charge on any atom is -0.462 e. The molecule has 4 aromatic rings. The Labute approximate surface area is 430 Å². The third-order valence-electron chi connectivity index (χ3n) is 14.4. The standard InChI is InChI=1S/C57H63N3O14/c1-54(2,3)71-44(63)29-27-40(33-61)58-50(64)41(30-36-16-10-7-11-17-36)59(6)53(67)56-31-42-45-46(73-57(72-45,38-18-12-8-13-19-38)39-20-14-9-15-21-39)48(56)74-60(47(56)51(65)69-42)32-37-24-22-35(23-25-37)26-28-43(62)70-49-52(66)68-34-55(49,4)5/h7-26,28,40-42,45-49,61H,27,29-34H2,1-6H3,(H,58,64). The maximum atomic E-state index is 16.1. The Morgan fingerprint density at radius 3 is 2.07 bits per heavy atom. The molecule has 1 saturated carbocycles. The predicted octanol–water partition coefficient (Wildman–Crippen LogP) is 5.35. The Balaban J connectivity index is 1.05. The molecule has 0 spiro atoms. The number of hydrogen-bond acceptors (Lipinski definition) is 15. The van der Waals surface area contributed by atoms with Crippen molar-refractivity contribution in [2.75, 3.05) is 20.3 Å². The van der Waals surface area contributed by atoms with Crippen LogP contribution in [0.25, 0.3) is 6.08 Å². The van der Waals surface area contributed by atoms with Crippen molar-refractivity contribution in [1.29, 1.82) is 0 Å². The van der Waals surface area contributed by atoms with Crippen LogP contribution in [0.5, 0.6) is 0 Å². The third kappa shape index (κ3) is 10.4. The van der Waals surface area contributed by atoms with Crippen LogP contribution in [0, 0.1) is 10.8 Å². The summed E-state index contributed by atoms with van der Waals surface area (Å²) in [5.41, 5.74) is 0.298. The second-order valence-corrected chi connectivity index (χ2v) is 21.4. The number of amides is 2. The lowest BCUT2D eigenvalue weighted by atomic mass is 9.62. The molecule has 2 amide bonds. The molecule has 4 aliphatic heterocycles. The van der Waals surface area contributed by atoms with E-state index in [1.54, 1.807) is 65.0 Å². The maximum absolute atomic E-state index is 16.1. The van der Waals surface area contributed by atoms with Gasteiger partial charge in [0, 0.05) is 48.9 Å². The zero-order valence-corrected chi connectivity index (χ0v) is 42.3. The van der Waals surface area contributed by atoms with Crippen LogP contribution in [0.3, 0.4) is 0 Å². The number of rotatable bonds is 17. The number of nitrogens with one attached hydrogen (secondary N) is 1. The Morgan fingerprint density at radius 1 is 0.851 bits per heavy atom. The van der Waals surface area contributed by atoms with E-state index < -0.39 is 113 Å². The molecule has 0 radical (unpaired) electrons. The van der Waals surface area contributed by atoms with Crippen molar-refractivity contribution in [3.8, 4) is 0 Å². The lowest BCUT2D eigenvalue weighted by molar-refractivity contribution is -0.214. The van der Waals surface area contributed by atoms with Gasteiger partial charge in [-0.1, -0.05) is 129 Å². The number of likely N-dealkylation sites (N-methyl/N-ethyl adjacent to an activating group) is 1. The Kier molecular flexibility index (Phi) is 14.7. The number of aliphatic hydroxyl groups is 1. The van der Waals surface area contributed by atoms with Gasteiger partial charge in [0.05, 0.1) is 19.2 Å². The van der Waals surface area contributed by atoms with Crippen LogP contribution in [-0.2, 0) is 80.8 Å². The van der Waals surface area contributed by atoms with Gasteiger partial charge in [0.15, 0.2) is 6.04 Å². The number of cyclic esters (lactones) is 1. The first-order valence-corrected chi connectivity index (χ1v) is 25.0. The number of esters is 4. The molecule has 9 atom stereocenters. The molecule has 2 N–H and O–H groups in total. The Morgan fingerprint density at radius 2 is 1.47 bits per heavy atom. The van der Waals surface area contributed by atoms with E-state index in [1.165, 1.54) is 23.1 Å². The number of hydroxylamine groups is 2. The molecular formula is C57H63N3O14. The molecule has 5 fully saturated rings. The minimum absolute atomic E-state index is 0.00486. The zero-order valence-electron chi connectivity index (χ0n) is 42.3. The summed E-state index contributed by atoms with van der Waals surface area (Å²) in [6.07, 6.45) is -2.26. The van der Waals surface area contributed by atoms with E-state index in [0.717, 1.165) is 5.56 Å². The summed E-state index contributed by atoms with van der Waals surface area (Å²) in [6.45, 7) is 8.47. The average Bonchev–Trinajstić information content (AvgIpc) is 4.09. The summed E-state index contributed by atoms with van der Waals surface area (Å²) in [5.74, 6) is -5.17. The summed E-state index contributed by atoms with van der Waals surface area (Å²) in [4.78, 5) is 91.6. The molecule has 17 heteroatoms. The van der Waals surface area contributed by atoms with Crippen LogP contribution in [0.4, 0.5) is 0 Å². The minimum atomic E-state index is -1.70. The van der Waals surface area contributed by atoms with Crippen LogP contribution >= 0.6 is 0 Å². The van der Waals surface area contributed by atoms with Crippen molar-refractivity contribution in [2.24, 2.45) is 10.8 Å². The molecular weight excluding hydrogens is 951 g/mol. The van der Waals surface area contributed by atoms with E-state index in [2.05, 4.69) is 5.32 Å². The smallest absolute Gasteiger partial charge is 0.348 e. The number of carbonyl (C=O) groups excluding carboxylic acids is 6. The van der Waals surface area contributed by atoms with Gasteiger partial charge >= 0.3 is 23.9 Å². The molecule has 4 saturated heterocycles. The Bertz CT molecular complexity index is 2710. The molecule has 4 heterocycles. The molecule has 1 aliphatic carbocycles. The van der Waals surface area contributed by atoms with E-state index in [1.807, 2.05) is 91.0 Å². The van der Waals surface area contributed by atoms with Crippen LogP contribution < -0.4 is 5.32 Å². The van der Waals surface area contributed by atoms with Gasteiger partial charge in [-0.15, -0.1) is 0 Å². The number of hydrogen-bond donors (Lipinski definition) is 2. The van der Waals surface area contributed by atoms with E-state index in [-0.39, 0.29) is 38.8 Å². The molecule has 4 aromatic carbocycles. The average molecular weight is 1010 g/mol. The number of nitrogens with zero attached hydrogens (tertiary/aromatic N) is 2. The highest BCUT2D eigenvalue weighted by molar-refractivity contribution is 5.96. The summed E-state index contributed by atoms with van der Waals surface area (Å²) in [6, 6.07) is 31.7. The van der Waals surface area contributed by atoms with Crippen molar-refractivity contribution < 1.29 is 67.1 Å². The normalized spacial score (nSPS) is 26.3. The summed E-state index contributed by atoms with van der Waals surface area (Å²) < 4.78 is 36.6. The third-order valence-corrected chi connectivity index (χ3v) is 14.4. The number of fused-ring (bicyclic) bond motifs is 4. The fourth-order valence-corrected chi connectivity index (χ4v) is 10.7. The van der Waals surface area contributed by atoms with Crippen molar-refractivity contribution >= 4 is 41.8 Å². The number of aliphatic hydroxyl groups excluding tert-OH is 1. The number of carbonyl (C=O) groups is 6. The molecule has 390 valence electrons. The van der Waals surface area contributed by atoms with Crippen LogP contribution in [0.1, 0.15) is 81.7 Å². The largest absolute Gasteiger partial charge is 0.462 e. The summed E-state index contributed by atoms with van der Waals surface area (Å²) in [5, 5.41) is 14.8. The van der Waals surface area contributed by atoms with E-state index in [0.29, 0.717) is 22.3 Å². The van der Waals surface area contributed by atoms with Crippen molar-refractivity contribution in [1.82, 2.24) is 15.3 Å². The second-order valence-electron chi connectivity index (χ2n) is 21.4. The monoisotopic (exact) mass is 1010 g/mol. The van der Waals surface area contributed by atoms with Gasteiger partial charge in [0.2, 0.25) is 23.7 Å². The predicted molar refractivity (Wildman–Crippen MR) is 265 cm³/mol. The highest BCUT2D eigenvalue weighted by Crippen LogP contribution is 2.60.